The van der Waals surface area contributed by atoms with Crippen LogP contribution in [0.25, 0.3) is 11.4 Å². The van der Waals surface area contributed by atoms with Gasteiger partial charge in [0.25, 0.3) is 5.91 Å². The van der Waals surface area contributed by atoms with Crippen molar-refractivity contribution in [1.29, 1.82) is 0 Å². The number of likely N-dealkylation sites (tertiary alicyclic amines) is 1. The molecule has 1 aromatic carbocycles. The molecule has 0 saturated carbocycles. The lowest BCUT2D eigenvalue weighted by Crippen LogP contribution is -2.40. The molecule has 0 bridgehead atoms. The molecule has 1 saturated heterocycles. The minimum Gasteiger partial charge on any atom is -0.341 e. The quantitative estimate of drug-likeness (QED) is 0.770. The number of aromatic amines is 1. The van der Waals surface area contributed by atoms with Crippen LogP contribution in [0.5, 0.6) is 0 Å². The van der Waals surface area contributed by atoms with Gasteiger partial charge in [0.05, 0.1) is 0 Å². The number of hydrogen-bond acceptors (Lipinski definition) is 3. The maximum absolute atomic E-state index is 13.2. The van der Waals surface area contributed by atoms with Crippen LogP contribution in [0.1, 0.15) is 47.7 Å². The fourth-order valence-corrected chi connectivity index (χ4v) is 3.87. The van der Waals surface area contributed by atoms with Crippen LogP contribution in [0.3, 0.4) is 0 Å². The Balaban J connectivity index is 1.55. The van der Waals surface area contributed by atoms with E-state index in [0.717, 1.165) is 48.8 Å². The molecule has 0 radical (unpaired) electrons. The van der Waals surface area contributed by atoms with E-state index in [1.165, 1.54) is 0 Å². The summed E-state index contributed by atoms with van der Waals surface area (Å²) in [5, 5.41) is 0. The zero-order valence-corrected chi connectivity index (χ0v) is 15.9. The molecule has 3 aromatic rings. The van der Waals surface area contributed by atoms with Gasteiger partial charge in [0.15, 0.2) is 0 Å². The number of hydrogen-bond donors (Lipinski definition) is 1. The predicted molar refractivity (Wildman–Crippen MR) is 105 cm³/mol. The van der Waals surface area contributed by atoms with Crippen LogP contribution in [-0.4, -0.2) is 43.4 Å². The maximum Gasteiger partial charge on any atom is 0.274 e. The Morgan fingerprint density at radius 2 is 2.11 bits per heavy atom. The summed E-state index contributed by atoms with van der Waals surface area (Å²) in [7, 11) is 0. The average molecular weight is 363 g/mol. The van der Waals surface area contributed by atoms with Crippen LogP contribution in [0.2, 0.25) is 0 Å². The van der Waals surface area contributed by atoms with Crippen molar-refractivity contribution in [3.05, 3.63) is 59.9 Å². The number of piperidine rings is 1. The highest BCUT2D eigenvalue weighted by molar-refractivity contribution is 5.94. The molecule has 6 nitrogen and oxygen atoms in total. The Bertz CT molecular complexity index is 927. The van der Waals surface area contributed by atoms with Crippen LogP contribution in [0, 0.1) is 6.92 Å². The van der Waals surface area contributed by atoms with E-state index in [2.05, 4.69) is 26.4 Å². The van der Waals surface area contributed by atoms with Crippen LogP contribution >= 0.6 is 0 Å². The van der Waals surface area contributed by atoms with E-state index in [1.54, 1.807) is 0 Å². The number of rotatable bonds is 4. The third kappa shape index (κ3) is 3.39. The molecular formula is C21H25N5O. The molecule has 1 fully saturated rings. The maximum atomic E-state index is 13.2. The van der Waals surface area contributed by atoms with Crippen molar-refractivity contribution < 1.29 is 4.79 Å². The van der Waals surface area contributed by atoms with E-state index in [-0.39, 0.29) is 11.8 Å². The van der Waals surface area contributed by atoms with Gasteiger partial charge in [-0.1, -0.05) is 30.3 Å². The predicted octanol–water partition coefficient (Wildman–Crippen LogP) is 3.62. The first kappa shape index (κ1) is 17.5. The Kier molecular flexibility index (Phi) is 4.79. The van der Waals surface area contributed by atoms with Crippen molar-refractivity contribution in [2.24, 2.45) is 0 Å². The fraction of sp³-hybridized carbons (Fsp3) is 0.381. The van der Waals surface area contributed by atoms with Gasteiger partial charge in [-0.25, -0.2) is 9.97 Å². The summed E-state index contributed by atoms with van der Waals surface area (Å²) >= 11 is 0. The first-order chi connectivity index (χ1) is 13.2. The molecule has 6 heteroatoms. The molecular weight excluding hydrogens is 338 g/mol. The van der Waals surface area contributed by atoms with E-state index in [9.17, 15) is 4.79 Å². The van der Waals surface area contributed by atoms with Gasteiger partial charge in [0, 0.05) is 49.2 Å². The van der Waals surface area contributed by atoms with Gasteiger partial charge < -0.3 is 14.5 Å². The standard InChI is InChI=1S/C21H25N5O/c1-3-25-13-11-22-20(25)17-10-7-12-26(14-17)21(27)18-15(2)23-19(24-18)16-8-5-4-6-9-16/h4-6,8-9,11,13,17H,3,7,10,12,14H2,1-2H3,(H,23,24)/t17-/m0/s1. The average Bonchev–Trinajstić information content (AvgIpc) is 3.34. The lowest BCUT2D eigenvalue weighted by Gasteiger charge is -2.32. The van der Waals surface area contributed by atoms with Gasteiger partial charge in [0.1, 0.15) is 17.3 Å². The molecule has 1 aliphatic heterocycles. The van der Waals surface area contributed by atoms with Crippen molar-refractivity contribution in [2.45, 2.75) is 39.2 Å². The normalized spacial score (nSPS) is 17.3. The number of nitrogens with one attached hydrogen (secondary N) is 1. The van der Waals surface area contributed by atoms with Gasteiger partial charge in [-0.2, -0.15) is 0 Å². The number of H-pyrrole nitrogens is 1. The minimum atomic E-state index is 0.00485. The second-order valence-corrected chi connectivity index (χ2v) is 7.09. The van der Waals surface area contributed by atoms with Gasteiger partial charge in [0.2, 0.25) is 0 Å². The van der Waals surface area contributed by atoms with Gasteiger partial charge in [-0.3, -0.25) is 4.79 Å². The number of imidazole rings is 2. The first-order valence-electron chi connectivity index (χ1n) is 9.59. The topological polar surface area (TPSA) is 66.8 Å². The molecule has 1 N–H and O–H groups in total. The number of aromatic nitrogens is 4. The highest BCUT2D eigenvalue weighted by atomic mass is 16.2. The van der Waals surface area contributed by atoms with E-state index in [0.29, 0.717) is 12.2 Å². The molecule has 1 amide bonds. The third-order valence-corrected chi connectivity index (χ3v) is 5.30. The smallest absolute Gasteiger partial charge is 0.274 e. The van der Waals surface area contributed by atoms with Gasteiger partial charge in [-0.15, -0.1) is 0 Å². The monoisotopic (exact) mass is 363 g/mol. The zero-order valence-electron chi connectivity index (χ0n) is 15.9. The molecule has 2 aromatic heterocycles. The summed E-state index contributed by atoms with van der Waals surface area (Å²) < 4.78 is 2.17. The number of aryl methyl sites for hydroxylation is 2. The van der Waals surface area contributed by atoms with E-state index in [1.807, 2.05) is 54.5 Å². The largest absolute Gasteiger partial charge is 0.341 e. The Hall–Kier alpha value is -2.89. The molecule has 1 atom stereocenters. The summed E-state index contributed by atoms with van der Waals surface area (Å²) in [6.07, 6.45) is 5.92. The first-order valence-corrected chi connectivity index (χ1v) is 9.59. The van der Waals surface area contributed by atoms with Crippen LogP contribution < -0.4 is 0 Å². The molecule has 3 heterocycles. The highest BCUT2D eigenvalue weighted by Crippen LogP contribution is 2.27. The van der Waals surface area contributed by atoms with Gasteiger partial charge >= 0.3 is 0 Å². The third-order valence-electron chi connectivity index (χ3n) is 5.30. The van der Waals surface area contributed by atoms with Crippen molar-refractivity contribution >= 4 is 5.91 Å². The van der Waals surface area contributed by atoms with Crippen LogP contribution in [0.4, 0.5) is 0 Å². The van der Waals surface area contributed by atoms with E-state index >= 15 is 0 Å². The number of amides is 1. The second kappa shape index (κ2) is 7.39. The number of carbonyl (C=O) groups is 1. The van der Waals surface area contributed by atoms with Crippen molar-refractivity contribution in [1.82, 2.24) is 24.4 Å². The molecule has 0 aliphatic carbocycles. The second-order valence-electron chi connectivity index (χ2n) is 7.09. The number of benzene rings is 1. The van der Waals surface area contributed by atoms with Crippen molar-refractivity contribution in [2.75, 3.05) is 13.1 Å². The van der Waals surface area contributed by atoms with E-state index in [4.69, 9.17) is 0 Å². The number of carbonyl (C=O) groups excluding carboxylic acids is 1. The van der Waals surface area contributed by atoms with Crippen molar-refractivity contribution in [3.8, 4) is 11.4 Å². The summed E-state index contributed by atoms with van der Waals surface area (Å²) in [6, 6.07) is 9.90. The molecule has 4 rings (SSSR count). The summed E-state index contributed by atoms with van der Waals surface area (Å²) in [5.41, 5.74) is 2.32. The Labute approximate surface area is 159 Å². The molecule has 0 unspecified atom stereocenters. The minimum absolute atomic E-state index is 0.00485. The summed E-state index contributed by atoms with van der Waals surface area (Å²) in [5.74, 6) is 2.11. The fourth-order valence-electron chi connectivity index (χ4n) is 3.87. The van der Waals surface area contributed by atoms with Crippen LogP contribution in [-0.2, 0) is 6.54 Å². The summed E-state index contributed by atoms with van der Waals surface area (Å²) in [6.45, 7) is 6.41. The summed E-state index contributed by atoms with van der Waals surface area (Å²) in [4.78, 5) is 27.5. The SMILES string of the molecule is CCn1ccnc1[C@H]1CCCN(C(=O)c2nc(-c3ccccc3)[nH]c2C)C1. The lowest BCUT2D eigenvalue weighted by molar-refractivity contribution is 0.0697. The van der Waals surface area contributed by atoms with Crippen molar-refractivity contribution in [3.63, 3.8) is 0 Å². The van der Waals surface area contributed by atoms with Crippen LogP contribution in [0.15, 0.2) is 42.7 Å². The molecule has 27 heavy (non-hydrogen) atoms. The Morgan fingerprint density at radius 3 is 2.89 bits per heavy atom. The van der Waals surface area contributed by atoms with Gasteiger partial charge in [-0.05, 0) is 26.7 Å². The zero-order chi connectivity index (χ0) is 18.8. The Morgan fingerprint density at radius 1 is 1.30 bits per heavy atom. The van der Waals surface area contributed by atoms with E-state index < -0.39 is 0 Å². The molecule has 0 spiro atoms. The number of nitrogens with zero attached hydrogens (tertiary/aromatic N) is 4. The molecule has 140 valence electrons. The lowest BCUT2D eigenvalue weighted by atomic mass is 9.96. The molecule has 1 aliphatic rings. The highest BCUT2D eigenvalue weighted by Gasteiger charge is 2.29.